The maximum absolute atomic E-state index is 14.2. The summed E-state index contributed by atoms with van der Waals surface area (Å²) in [6.45, 7) is 5.17. The summed E-state index contributed by atoms with van der Waals surface area (Å²) >= 11 is 0. The topological polar surface area (TPSA) is 120 Å². The predicted molar refractivity (Wildman–Crippen MR) is 203 cm³/mol. The molecule has 0 aliphatic carbocycles. The van der Waals surface area contributed by atoms with Gasteiger partial charge >= 0.3 is 11.9 Å². The lowest BCUT2D eigenvalue weighted by molar-refractivity contribution is -0.200. The Kier molecular flexibility index (Phi) is 16.3. The monoisotopic (exact) mass is 789 g/mol. The molecule has 11 nitrogen and oxygen atoms in total. The van der Waals surface area contributed by atoms with Crippen molar-refractivity contribution in [3.8, 4) is 11.3 Å². The fraction of sp³-hybridized carbons (Fsp3) is 0.349. The van der Waals surface area contributed by atoms with E-state index in [0.29, 0.717) is 0 Å². The van der Waals surface area contributed by atoms with Crippen LogP contribution in [0.25, 0.3) is 11.3 Å². The predicted octanol–water partition coefficient (Wildman–Crippen LogP) is 7.27. The summed E-state index contributed by atoms with van der Waals surface area (Å²) in [5.74, 6) is -7.89. The van der Waals surface area contributed by atoms with Crippen LogP contribution in [0.2, 0.25) is 0 Å². The SMILES string of the molecule is CCOC(=O)C(C(=O)OCC)C(OC(COCc1ccccc1)C(C)OCc1ccccc1)C(Cn1cc(-c2cc(F)c(F)c(F)c2)nn1)OCc1ccccc1. The Morgan fingerprint density at radius 2 is 1.21 bits per heavy atom. The molecule has 0 radical (unpaired) electrons. The highest BCUT2D eigenvalue weighted by atomic mass is 19.2. The molecule has 14 heteroatoms. The number of ether oxygens (including phenoxy) is 6. The van der Waals surface area contributed by atoms with Crippen LogP contribution in [0, 0.1) is 23.4 Å². The molecule has 0 N–H and O–H groups in total. The molecular formula is C43H46F3N3O8. The van der Waals surface area contributed by atoms with E-state index in [9.17, 15) is 22.8 Å². The summed E-state index contributed by atoms with van der Waals surface area (Å²) < 4.78 is 80.1. The maximum atomic E-state index is 14.2. The van der Waals surface area contributed by atoms with Crippen molar-refractivity contribution in [3.05, 3.63) is 143 Å². The van der Waals surface area contributed by atoms with Gasteiger partial charge in [-0.2, -0.15) is 0 Å². The summed E-state index contributed by atoms with van der Waals surface area (Å²) in [5.41, 5.74) is 2.54. The second-order valence-electron chi connectivity index (χ2n) is 13.0. The molecule has 0 fully saturated rings. The largest absolute Gasteiger partial charge is 0.465 e. The van der Waals surface area contributed by atoms with Gasteiger partial charge in [0.15, 0.2) is 23.4 Å². The lowest BCUT2D eigenvalue weighted by Gasteiger charge is -2.36. The number of nitrogens with zero attached hydrogens (tertiary/aromatic N) is 3. The Morgan fingerprint density at radius 3 is 1.74 bits per heavy atom. The van der Waals surface area contributed by atoms with E-state index in [2.05, 4.69) is 10.3 Å². The van der Waals surface area contributed by atoms with Gasteiger partial charge < -0.3 is 28.4 Å². The standard InChI is InChI=1S/C43H46F3N3O8/c1-4-53-42(50)39(43(51)54-5-2)41(57-38(28-52-25-30-15-9-6-10-16-30)29(3)55-26-31-17-11-7-12-18-31)37(56-27-32-19-13-8-14-20-32)24-49-23-36(47-48-49)33-21-34(44)40(46)35(45)22-33/h6-23,29,37-39,41H,4-5,24-28H2,1-3H3. The van der Waals surface area contributed by atoms with E-state index in [0.717, 1.165) is 28.8 Å². The van der Waals surface area contributed by atoms with Crippen molar-refractivity contribution >= 4 is 11.9 Å². The first-order chi connectivity index (χ1) is 27.7. The zero-order valence-electron chi connectivity index (χ0n) is 32.0. The molecule has 5 rings (SSSR count). The zero-order chi connectivity index (χ0) is 40.6. The van der Waals surface area contributed by atoms with Crippen molar-refractivity contribution in [2.45, 2.75) is 71.6 Å². The molecule has 0 saturated carbocycles. The van der Waals surface area contributed by atoms with Gasteiger partial charge in [0.1, 0.15) is 24.0 Å². The molecule has 0 saturated heterocycles. The number of carbonyl (C=O) groups is 2. The molecule has 1 aromatic heterocycles. The molecule has 302 valence electrons. The quantitative estimate of drug-likeness (QED) is 0.0403. The van der Waals surface area contributed by atoms with Gasteiger partial charge in [0, 0.05) is 5.56 Å². The van der Waals surface area contributed by atoms with E-state index in [4.69, 9.17) is 28.4 Å². The number of esters is 2. The van der Waals surface area contributed by atoms with Gasteiger partial charge in [-0.25, -0.2) is 17.9 Å². The molecule has 0 amide bonds. The first kappa shape index (κ1) is 42.7. The Bertz CT molecular complexity index is 1950. The molecular weight excluding hydrogens is 743 g/mol. The lowest BCUT2D eigenvalue weighted by Crippen LogP contribution is -2.51. The van der Waals surface area contributed by atoms with Crippen LogP contribution in [0.3, 0.4) is 0 Å². The van der Waals surface area contributed by atoms with Crippen LogP contribution in [-0.2, 0) is 64.4 Å². The number of hydrogen-bond acceptors (Lipinski definition) is 10. The van der Waals surface area contributed by atoms with Crippen molar-refractivity contribution in [2.24, 2.45) is 5.92 Å². The van der Waals surface area contributed by atoms with E-state index in [1.807, 2.05) is 91.0 Å². The minimum Gasteiger partial charge on any atom is -0.465 e. The first-order valence-corrected chi connectivity index (χ1v) is 18.6. The van der Waals surface area contributed by atoms with Crippen LogP contribution in [0.5, 0.6) is 0 Å². The van der Waals surface area contributed by atoms with Crippen LogP contribution in [-0.4, -0.2) is 71.2 Å². The van der Waals surface area contributed by atoms with E-state index in [1.165, 1.54) is 10.9 Å². The van der Waals surface area contributed by atoms with Gasteiger partial charge in [-0.1, -0.05) is 96.2 Å². The van der Waals surface area contributed by atoms with Gasteiger partial charge in [-0.05, 0) is 49.6 Å². The van der Waals surface area contributed by atoms with E-state index in [1.54, 1.807) is 20.8 Å². The van der Waals surface area contributed by atoms with Crippen molar-refractivity contribution < 1.29 is 51.2 Å². The van der Waals surface area contributed by atoms with E-state index in [-0.39, 0.29) is 57.4 Å². The number of rotatable bonds is 22. The van der Waals surface area contributed by atoms with Gasteiger partial charge in [0.05, 0.1) is 58.5 Å². The molecule has 1 heterocycles. The maximum Gasteiger partial charge on any atom is 0.323 e. The van der Waals surface area contributed by atoms with Crippen LogP contribution in [0.4, 0.5) is 13.2 Å². The minimum atomic E-state index is -1.66. The third kappa shape index (κ3) is 12.5. The van der Waals surface area contributed by atoms with E-state index >= 15 is 0 Å². The number of carbonyl (C=O) groups excluding carboxylic acids is 2. The van der Waals surface area contributed by atoms with Crippen LogP contribution < -0.4 is 0 Å². The first-order valence-electron chi connectivity index (χ1n) is 18.6. The Hall–Kier alpha value is -5.41. The minimum absolute atomic E-state index is 0.00884. The highest BCUT2D eigenvalue weighted by molar-refractivity contribution is 5.95. The second kappa shape index (κ2) is 21.8. The van der Waals surface area contributed by atoms with Gasteiger partial charge in [0.25, 0.3) is 0 Å². The average Bonchev–Trinajstić information content (AvgIpc) is 3.69. The van der Waals surface area contributed by atoms with Crippen molar-refractivity contribution in [3.63, 3.8) is 0 Å². The summed E-state index contributed by atoms with van der Waals surface area (Å²) in [6.07, 6.45) is -2.75. The van der Waals surface area contributed by atoms with Crippen molar-refractivity contribution in [1.29, 1.82) is 0 Å². The Labute approximate surface area is 329 Å². The third-order valence-electron chi connectivity index (χ3n) is 8.87. The van der Waals surface area contributed by atoms with Crippen LogP contribution in [0.15, 0.2) is 109 Å². The number of benzene rings is 4. The zero-order valence-corrected chi connectivity index (χ0v) is 32.0. The smallest absolute Gasteiger partial charge is 0.323 e. The molecule has 4 unspecified atom stereocenters. The normalized spacial score (nSPS) is 13.5. The average molecular weight is 790 g/mol. The Morgan fingerprint density at radius 1 is 0.702 bits per heavy atom. The highest BCUT2D eigenvalue weighted by Crippen LogP contribution is 2.27. The number of halogens is 3. The number of aromatic nitrogens is 3. The molecule has 0 aliphatic heterocycles. The molecule has 0 aliphatic rings. The fourth-order valence-electron chi connectivity index (χ4n) is 5.91. The lowest BCUT2D eigenvalue weighted by atomic mass is 9.96. The third-order valence-corrected chi connectivity index (χ3v) is 8.87. The van der Waals surface area contributed by atoms with Crippen molar-refractivity contribution in [1.82, 2.24) is 15.0 Å². The molecule has 0 bridgehead atoms. The molecule has 4 atom stereocenters. The van der Waals surface area contributed by atoms with E-state index < -0.39 is 59.7 Å². The summed E-state index contributed by atoms with van der Waals surface area (Å²) in [7, 11) is 0. The highest BCUT2D eigenvalue weighted by Gasteiger charge is 2.45. The molecule has 5 aromatic rings. The molecule has 57 heavy (non-hydrogen) atoms. The molecule has 4 aromatic carbocycles. The fourth-order valence-corrected chi connectivity index (χ4v) is 5.91. The van der Waals surface area contributed by atoms with Crippen LogP contribution >= 0.6 is 0 Å². The van der Waals surface area contributed by atoms with Gasteiger partial charge in [0.2, 0.25) is 0 Å². The van der Waals surface area contributed by atoms with Gasteiger partial charge in [-0.15, -0.1) is 5.10 Å². The van der Waals surface area contributed by atoms with Crippen molar-refractivity contribution in [2.75, 3.05) is 19.8 Å². The molecule has 0 spiro atoms. The summed E-state index contributed by atoms with van der Waals surface area (Å²) in [6, 6.07) is 29.8. The summed E-state index contributed by atoms with van der Waals surface area (Å²) in [5, 5.41) is 8.20. The van der Waals surface area contributed by atoms with Gasteiger partial charge in [-0.3, -0.25) is 9.59 Å². The number of hydrogen-bond donors (Lipinski definition) is 0. The Balaban J connectivity index is 1.54. The second-order valence-corrected chi connectivity index (χ2v) is 13.0. The van der Waals surface area contributed by atoms with Crippen LogP contribution in [0.1, 0.15) is 37.5 Å². The summed E-state index contributed by atoms with van der Waals surface area (Å²) in [4.78, 5) is 27.6.